The lowest BCUT2D eigenvalue weighted by molar-refractivity contribution is -0.116. The number of nitrogens with zero attached hydrogens (tertiary/aromatic N) is 1. The van der Waals surface area contributed by atoms with Gasteiger partial charge >= 0.3 is 0 Å². The van der Waals surface area contributed by atoms with Crippen LogP contribution in [0.1, 0.15) is 30.4 Å². The topological polar surface area (TPSA) is 99.7 Å². The summed E-state index contributed by atoms with van der Waals surface area (Å²) in [5.41, 5.74) is 3.02. The Morgan fingerprint density at radius 3 is 2.57 bits per heavy atom. The maximum Gasteiger partial charge on any atom is 0.225 e. The van der Waals surface area contributed by atoms with E-state index in [1.807, 2.05) is 43.3 Å². The van der Waals surface area contributed by atoms with Crippen LogP contribution in [0.3, 0.4) is 0 Å². The number of fused-ring (bicyclic) bond motifs is 1. The summed E-state index contributed by atoms with van der Waals surface area (Å²) in [6, 6.07) is 14.8. The number of carbonyl (C=O) groups is 1. The zero-order valence-corrected chi connectivity index (χ0v) is 18.1. The first-order valence-corrected chi connectivity index (χ1v) is 12.0. The smallest absolute Gasteiger partial charge is 0.225 e. The zero-order chi connectivity index (χ0) is 21.6. The minimum absolute atomic E-state index is 0.0180. The normalized spacial score (nSPS) is 16.5. The largest absolute Gasteiger partial charge is 0.357 e. The summed E-state index contributed by atoms with van der Waals surface area (Å²) in [4.78, 5) is 17.0. The maximum absolute atomic E-state index is 12.0. The Bertz CT molecular complexity index is 1020. The minimum Gasteiger partial charge on any atom is -0.357 e. The summed E-state index contributed by atoms with van der Waals surface area (Å²) in [5, 5.41) is 9.45. The van der Waals surface area contributed by atoms with Crippen molar-refractivity contribution >= 4 is 27.4 Å². The van der Waals surface area contributed by atoms with Crippen molar-refractivity contribution in [2.45, 2.75) is 30.6 Å². The van der Waals surface area contributed by atoms with Crippen LogP contribution in [-0.4, -0.2) is 46.2 Å². The van der Waals surface area contributed by atoms with E-state index in [1.54, 1.807) is 12.1 Å². The van der Waals surface area contributed by atoms with E-state index < -0.39 is 9.84 Å². The molecule has 2 aromatic carbocycles. The van der Waals surface area contributed by atoms with Gasteiger partial charge in [-0.05, 0) is 42.7 Å². The molecule has 160 valence electrons. The van der Waals surface area contributed by atoms with Crippen LogP contribution in [0, 0.1) is 0 Å². The number of rotatable bonds is 7. The van der Waals surface area contributed by atoms with Crippen molar-refractivity contribution in [2.24, 2.45) is 4.99 Å². The molecule has 30 heavy (non-hydrogen) atoms. The van der Waals surface area contributed by atoms with Gasteiger partial charge in [-0.1, -0.05) is 30.3 Å². The van der Waals surface area contributed by atoms with Crippen LogP contribution in [-0.2, 0) is 21.1 Å². The number of benzene rings is 2. The van der Waals surface area contributed by atoms with Crippen molar-refractivity contribution in [3.8, 4) is 0 Å². The number of hydrogen-bond donors (Lipinski definition) is 3. The zero-order valence-electron chi connectivity index (χ0n) is 17.3. The van der Waals surface area contributed by atoms with Crippen LogP contribution in [0.15, 0.2) is 58.4 Å². The molecule has 2 aromatic rings. The Hall–Kier alpha value is -2.87. The highest BCUT2D eigenvalue weighted by atomic mass is 32.2. The molecule has 8 heteroatoms. The molecule has 7 nitrogen and oxygen atoms in total. The minimum atomic E-state index is -3.18. The second-order valence-electron chi connectivity index (χ2n) is 7.35. The molecule has 0 saturated heterocycles. The number of para-hydroxylation sites is 1. The van der Waals surface area contributed by atoms with Crippen LogP contribution < -0.4 is 16.0 Å². The molecular formula is C22H28N4O3S. The number of amides is 1. The van der Waals surface area contributed by atoms with Gasteiger partial charge < -0.3 is 16.0 Å². The molecule has 0 fully saturated rings. The average molecular weight is 429 g/mol. The predicted octanol–water partition coefficient (Wildman–Crippen LogP) is 2.31. The highest BCUT2D eigenvalue weighted by Crippen LogP contribution is 2.31. The first-order chi connectivity index (χ1) is 14.4. The average Bonchev–Trinajstić information content (AvgIpc) is 2.71. The predicted molar refractivity (Wildman–Crippen MR) is 120 cm³/mol. The van der Waals surface area contributed by atoms with Crippen LogP contribution in [0.4, 0.5) is 5.69 Å². The van der Waals surface area contributed by atoms with Crippen LogP contribution in [0.2, 0.25) is 0 Å². The Labute approximate surface area is 177 Å². The molecule has 0 saturated carbocycles. The van der Waals surface area contributed by atoms with Crippen molar-refractivity contribution in [2.75, 3.05) is 31.2 Å². The van der Waals surface area contributed by atoms with E-state index in [1.165, 1.54) is 6.26 Å². The molecule has 0 aromatic heterocycles. The van der Waals surface area contributed by atoms with E-state index in [2.05, 4.69) is 20.9 Å². The van der Waals surface area contributed by atoms with Crippen molar-refractivity contribution in [3.05, 3.63) is 59.7 Å². The lowest BCUT2D eigenvalue weighted by Crippen LogP contribution is -2.38. The summed E-state index contributed by atoms with van der Waals surface area (Å²) in [7, 11) is -3.18. The van der Waals surface area contributed by atoms with Crippen molar-refractivity contribution in [1.29, 1.82) is 0 Å². The van der Waals surface area contributed by atoms with Crippen molar-refractivity contribution < 1.29 is 13.2 Å². The fraction of sp³-hybridized carbons (Fsp3) is 0.364. The number of carbonyl (C=O) groups excluding carboxylic acids is 1. The summed E-state index contributed by atoms with van der Waals surface area (Å²) < 4.78 is 23.1. The maximum atomic E-state index is 12.0. The fourth-order valence-corrected chi connectivity index (χ4v) is 4.07. The van der Waals surface area contributed by atoms with Crippen LogP contribution in [0.25, 0.3) is 0 Å². The molecule has 0 spiro atoms. The third-order valence-electron chi connectivity index (χ3n) is 4.98. The highest BCUT2D eigenvalue weighted by molar-refractivity contribution is 7.90. The van der Waals surface area contributed by atoms with E-state index in [9.17, 15) is 13.2 Å². The van der Waals surface area contributed by atoms with Crippen LogP contribution in [0.5, 0.6) is 0 Å². The van der Waals surface area contributed by atoms with Gasteiger partial charge in [-0.25, -0.2) is 8.42 Å². The summed E-state index contributed by atoms with van der Waals surface area (Å²) in [6.45, 7) is 3.91. The molecule has 0 bridgehead atoms. The SMILES string of the molecule is CCNC(=NCC1CC(=O)Nc2ccccc21)NCCc1ccc(S(C)(=O)=O)cc1. The molecule has 0 aliphatic carbocycles. The quantitative estimate of drug-likeness (QED) is 0.464. The first-order valence-electron chi connectivity index (χ1n) is 10.1. The molecule has 1 atom stereocenters. The van der Waals surface area contributed by atoms with E-state index in [0.717, 1.165) is 29.8 Å². The molecule has 1 heterocycles. The number of sulfone groups is 1. The van der Waals surface area contributed by atoms with Gasteiger partial charge in [0.25, 0.3) is 0 Å². The van der Waals surface area contributed by atoms with Crippen LogP contribution >= 0.6 is 0 Å². The fourth-order valence-electron chi connectivity index (χ4n) is 3.44. The van der Waals surface area contributed by atoms with Crippen molar-refractivity contribution in [1.82, 2.24) is 10.6 Å². The molecule has 1 aliphatic rings. The second kappa shape index (κ2) is 9.75. The standard InChI is InChI=1S/C22H28N4O3S/c1-3-23-22(24-13-12-16-8-10-18(11-9-16)30(2,28)29)25-15-17-14-21(27)26-20-7-5-4-6-19(17)20/h4-11,17H,3,12-15H2,1-2H3,(H,26,27)(H2,23,24,25). The van der Waals surface area contributed by atoms with Gasteiger partial charge in [-0.2, -0.15) is 0 Å². The highest BCUT2D eigenvalue weighted by Gasteiger charge is 2.24. The van der Waals surface area contributed by atoms with Crippen molar-refractivity contribution in [3.63, 3.8) is 0 Å². The lowest BCUT2D eigenvalue weighted by Gasteiger charge is -2.24. The Kier molecular flexibility index (Phi) is 7.10. The molecule has 3 N–H and O–H groups in total. The molecular weight excluding hydrogens is 400 g/mol. The molecule has 1 unspecified atom stereocenters. The number of guanidine groups is 1. The van der Waals surface area contributed by atoms with Gasteiger partial charge in [0.2, 0.25) is 5.91 Å². The van der Waals surface area contributed by atoms with E-state index in [0.29, 0.717) is 30.4 Å². The number of hydrogen-bond acceptors (Lipinski definition) is 4. The second-order valence-corrected chi connectivity index (χ2v) is 9.36. The summed E-state index contributed by atoms with van der Waals surface area (Å²) in [6.07, 6.45) is 2.37. The molecule has 0 radical (unpaired) electrons. The monoisotopic (exact) mass is 428 g/mol. The Morgan fingerprint density at radius 2 is 1.87 bits per heavy atom. The summed E-state index contributed by atoms with van der Waals surface area (Å²) in [5.74, 6) is 0.770. The van der Waals surface area contributed by atoms with Gasteiger partial charge in [0.05, 0.1) is 11.4 Å². The third-order valence-corrected chi connectivity index (χ3v) is 6.11. The van der Waals surface area contributed by atoms with Gasteiger partial charge in [0.1, 0.15) is 0 Å². The number of aliphatic imine (C=N–C) groups is 1. The first kappa shape index (κ1) is 21.8. The number of nitrogens with one attached hydrogen (secondary N) is 3. The van der Waals surface area contributed by atoms with Gasteiger partial charge in [-0.3, -0.25) is 9.79 Å². The van der Waals surface area contributed by atoms with E-state index in [-0.39, 0.29) is 11.8 Å². The van der Waals surface area contributed by atoms with Gasteiger partial charge in [0, 0.05) is 37.4 Å². The third kappa shape index (κ3) is 5.82. The molecule has 1 aliphatic heterocycles. The number of anilines is 1. The van der Waals surface area contributed by atoms with Gasteiger partial charge in [-0.15, -0.1) is 0 Å². The van der Waals surface area contributed by atoms with E-state index in [4.69, 9.17) is 0 Å². The Morgan fingerprint density at radius 1 is 1.13 bits per heavy atom. The van der Waals surface area contributed by atoms with Gasteiger partial charge in [0.15, 0.2) is 15.8 Å². The molecule has 1 amide bonds. The summed E-state index contributed by atoms with van der Waals surface area (Å²) >= 11 is 0. The lowest BCUT2D eigenvalue weighted by atomic mass is 9.91. The van der Waals surface area contributed by atoms with E-state index >= 15 is 0 Å². The Balaban J connectivity index is 1.59. The molecule has 3 rings (SSSR count).